The number of ketones is 1. The molecule has 1 aromatic carbocycles. The van der Waals surface area contributed by atoms with Gasteiger partial charge in [-0.2, -0.15) is 0 Å². The van der Waals surface area contributed by atoms with Crippen LogP contribution in [0.2, 0.25) is 0 Å². The van der Waals surface area contributed by atoms with Crippen molar-refractivity contribution >= 4 is 16.7 Å². The molecule has 0 amide bonds. The quantitative estimate of drug-likeness (QED) is 0.645. The lowest BCUT2D eigenvalue weighted by atomic mass is 10.1. The maximum absolute atomic E-state index is 13.3. The molecule has 1 heterocycles. The second-order valence-corrected chi connectivity index (χ2v) is 3.08. The molecule has 0 spiro atoms. The number of carbonyl (C=O) groups excluding carboxylic acids is 1. The predicted molar refractivity (Wildman–Crippen MR) is 51.7 cm³/mol. The van der Waals surface area contributed by atoms with Gasteiger partial charge in [0, 0.05) is 17.6 Å². The Morgan fingerprint density at radius 2 is 2.21 bits per heavy atom. The van der Waals surface area contributed by atoms with Gasteiger partial charge in [0.05, 0.1) is 11.1 Å². The summed E-state index contributed by atoms with van der Waals surface area (Å²) in [7, 11) is 0. The Bertz CT molecular complexity index is 508. The minimum absolute atomic E-state index is 0.116. The van der Waals surface area contributed by atoms with Crippen molar-refractivity contribution in [3.8, 4) is 0 Å². The number of rotatable bonds is 1. The van der Waals surface area contributed by atoms with Gasteiger partial charge in [-0.15, -0.1) is 0 Å². The zero-order chi connectivity index (χ0) is 10.1. The van der Waals surface area contributed by atoms with Crippen molar-refractivity contribution in [2.45, 2.75) is 6.92 Å². The summed E-state index contributed by atoms with van der Waals surface area (Å²) in [6.07, 6.45) is 1.59. The van der Waals surface area contributed by atoms with Gasteiger partial charge in [-0.25, -0.2) is 4.39 Å². The van der Waals surface area contributed by atoms with Crippen molar-refractivity contribution < 1.29 is 9.18 Å². The van der Waals surface area contributed by atoms with Crippen LogP contribution in [0.15, 0.2) is 30.5 Å². The summed E-state index contributed by atoms with van der Waals surface area (Å²) in [5, 5.41) is 0.777. The highest BCUT2D eigenvalue weighted by atomic mass is 19.1. The average molecular weight is 189 g/mol. The van der Waals surface area contributed by atoms with Crippen molar-refractivity contribution in [3.05, 3.63) is 41.8 Å². The van der Waals surface area contributed by atoms with Gasteiger partial charge in [-0.3, -0.25) is 9.78 Å². The van der Waals surface area contributed by atoms with Crippen LogP contribution in [-0.4, -0.2) is 10.8 Å². The predicted octanol–water partition coefficient (Wildman–Crippen LogP) is 2.58. The number of benzene rings is 1. The lowest BCUT2D eigenvalue weighted by Gasteiger charge is -2.01. The Balaban J connectivity index is 2.77. The summed E-state index contributed by atoms with van der Waals surface area (Å²) in [6, 6.07) is 6.37. The van der Waals surface area contributed by atoms with Gasteiger partial charge in [0.2, 0.25) is 0 Å². The standard InChI is InChI=1S/C11H8FNO/c1-7(14)9-5-8-3-2-4-13-11(8)6-10(9)12/h2-6H,1H3. The van der Waals surface area contributed by atoms with Gasteiger partial charge in [-0.1, -0.05) is 6.07 Å². The largest absolute Gasteiger partial charge is 0.294 e. The fourth-order valence-electron chi connectivity index (χ4n) is 1.36. The van der Waals surface area contributed by atoms with Crippen molar-refractivity contribution in [1.29, 1.82) is 0 Å². The molecule has 70 valence electrons. The van der Waals surface area contributed by atoms with Crippen LogP contribution >= 0.6 is 0 Å². The van der Waals surface area contributed by atoms with Crippen molar-refractivity contribution in [1.82, 2.24) is 4.98 Å². The third kappa shape index (κ3) is 1.37. The Labute approximate surface area is 80.4 Å². The summed E-state index contributed by atoms with van der Waals surface area (Å²) in [5.74, 6) is -0.781. The molecule has 0 saturated carbocycles. The first-order chi connectivity index (χ1) is 6.68. The summed E-state index contributed by atoms with van der Waals surface area (Å²) in [5.41, 5.74) is 0.681. The van der Waals surface area contributed by atoms with Gasteiger partial charge >= 0.3 is 0 Å². The van der Waals surface area contributed by atoms with E-state index in [0.29, 0.717) is 5.52 Å². The maximum Gasteiger partial charge on any atom is 0.162 e. The van der Waals surface area contributed by atoms with E-state index in [0.717, 1.165) is 5.39 Å². The molecular weight excluding hydrogens is 181 g/mol. The zero-order valence-corrected chi connectivity index (χ0v) is 7.62. The maximum atomic E-state index is 13.3. The molecule has 0 aliphatic carbocycles. The fraction of sp³-hybridized carbons (Fsp3) is 0.0909. The van der Waals surface area contributed by atoms with Crippen LogP contribution < -0.4 is 0 Å². The number of halogens is 1. The smallest absolute Gasteiger partial charge is 0.162 e. The zero-order valence-electron chi connectivity index (χ0n) is 7.62. The van der Waals surface area contributed by atoms with E-state index < -0.39 is 5.82 Å². The van der Waals surface area contributed by atoms with E-state index in [4.69, 9.17) is 0 Å². The van der Waals surface area contributed by atoms with Crippen molar-refractivity contribution in [3.63, 3.8) is 0 Å². The molecule has 0 N–H and O–H groups in total. The highest BCUT2D eigenvalue weighted by molar-refractivity contribution is 5.98. The van der Waals surface area contributed by atoms with Crippen LogP contribution in [0.4, 0.5) is 4.39 Å². The molecular formula is C11H8FNO. The topological polar surface area (TPSA) is 30.0 Å². The summed E-state index contributed by atoms with van der Waals surface area (Å²) >= 11 is 0. The number of nitrogens with zero attached hydrogens (tertiary/aromatic N) is 1. The molecule has 0 aliphatic heterocycles. The average Bonchev–Trinajstić information content (AvgIpc) is 2.16. The van der Waals surface area contributed by atoms with Crippen LogP contribution in [0.3, 0.4) is 0 Å². The van der Waals surface area contributed by atoms with E-state index >= 15 is 0 Å². The molecule has 0 saturated heterocycles. The lowest BCUT2D eigenvalue weighted by molar-refractivity contribution is 0.101. The molecule has 3 heteroatoms. The first kappa shape index (κ1) is 8.81. The summed E-state index contributed by atoms with van der Waals surface area (Å²) in [6.45, 7) is 1.35. The number of Topliss-reactive ketones (excluding diaryl/α,β-unsaturated/α-hetero) is 1. The molecule has 0 radical (unpaired) electrons. The second kappa shape index (κ2) is 3.18. The number of pyridine rings is 1. The van der Waals surface area contributed by atoms with E-state index in [9.17, 15) is 9.18 Å². The van der Waals surface area contributed by atoms with Crippen LogP contribution in [0.1, 0.15) is 17.3 Å². The van der Waals surface area contributed by atoms with Gasteiger partial charge in [0.15, 0.2) is 5.78 Å². The minimum atomic E-state index is -0.510. The van der Waals surface area contributed by atoms with E-state index in [2.05, 4.69) is 4.98 Å². The Hall–Kier alpha value is -1.77. The van der Waals surface area contributed by atoms with Crippen LogP contribution in [-0.2, 0) is 0 Å². The number of hydrogen-bond acceptors (Lipinski definition) is 2. The number of fused-ring (bicyclic) bond motifs is 1. The molecule has 0 fully saturated rings. The molecule has 2 nitrogen and oxygen atoms in total. The highest BCUT2D eigenvalue weighted by Gasteiger charge is 2.08. The van der Waals surface area contributed by atoms with Crippen LogP contribution in [0.25, 0.3) is 10.9 Å². The number of carbonyl (C=O) groups is 1. The summed E-state index contributed by atoms with van der Waals surface area (Å²) < 4.78 is 13.3. The van der Waals surface area contributed by atoms with Crippen LogP contribution in [0, 0.1) is 5.82 Å². The summed E-state index contributed by atoms with van der Waals surface area (Å²) in [4.78, 5) is 15.0. The van der Waals surface area contributed by atoms with E-state index in [1.807, 2.05) is 0 Å². The third-order valence-corrected chi connectivity index (χ3v) is 2.07. The molecule has 0 aliphatic rings. The Morgan fingerprint density at radius 3 is 2.93 bits per heavy atom. The van der Waals surface area contributed by atoms with E-state index in [1.54, 1.807) is 18.3 Å². The van der Waals surface area contributed by atoms with E-state index in [1.165, 1.54) is 19.1 Å². The molecule has 2 rings (SSSR count). The number of aromatic nitrogens is 1. The van der Waals surface area contributed by atoms with Crippen molar-refractivity contribution in [2.24, 2.45) is 0 Å². The SMILES string of the molecule is CC(=O)c1cc2cccnc2cc1F. The first-order valence-electron chi connectivity index (χ1n) is 4.23. The molecule has 1 aromatic heterocycles. The normalized spacial score (nSPS) is 10.4. The molecule has 14 heavy (non-hydrogen) atoms. The van der Waals surface area contributed by atoms with Gasteiger partial charge < -0.3 is 0 Å². The van der Waals surface area contributed by atoms with Crippen molar-refractivity contribution in [2.75, 3.05) is 0 Å². The lowest BCUT2D eigenvalue weighted by Crippen LogP contribution is -1.97. The Morgan fingerprint density at radius 1 is 1.43 bits per heavy atom. The third-order valence-electron chi connectivity index (χ3n) is 2.07. The monoisotopic (exact) mass is 189 g/mol. The number of hydrogen-bond donors (Lipinski definition) is 0. The van der Waals surface area contributed by atoms with Gasteiger partial charge in [0.25, 0.3) is 0 Å². The van der Waals surface area contributed by atoms with Gasteiger partial charge in [-0.05, 0) is 19.1 Å². The molecule has 0 bridgehead atoms. The van der Waals surface area contributed by atoms with E-state index in [-0.39, 0.29) is 11.3 Å². The Kier molecular flexibility index (Phi) is 2.00. The van der Waals surface area contributed by atoms with Crippen LogP contribution in [0.5, 0.6) is 0 Å². The second-order valence-electron chi connectivity index (χ2n) is 3.08. The fourth-order valence-corrected chi connectivity index (χ4v) is 1.36. The minimum Gasteiger partial charge on any atom is -0.294 e. The molecule has 2 aromatic rings. The first-order valence-corrected chi connectivity index (χ1v) is 4.23. The van der Waals surface area contributed by atoms with Gasteiger partial charge in [0.1, 0.15) is 5.82 Å². The highest BCUT2D eigenvalue weighted by Crippen LogP contribution is 2.17. The molecule has 0 atom stereocenters. The molecule has 0 unspecified atom stereocenters.